The molecule has 3 aromatic rings. The Kier molecular flexibility index (Phi) is 4.45. The molecule has 0 bridgehead atoms. The minimum Gasteiger partial charge on any atom is -0.399 e. The van der Waals surface area contributed by atoms with Crippen LogP contribution in [-0.2, 0) is 0 Å². The summed E-state index contributed by atoms with van der Waals surface area (Å²) in [7, 11) is 0. The first-order chi connectivity index (χ1) is 12.5. The zero-order valence-electron chi connectivity index (χ0n) is 13.8. The standard InChI is InChI=1S/C17H20N6O2S/c18-8-1-3-9(4-2-8)26-6-11-15(24)16(25)13(23-11)10-5-20-14-12(10)21-7-22-17(14)19/h1-5,7,11,13,15-16,20,23-25H,6,18H2,(H2,19,21,22)/t11-,13+,15-,16+/m1/s1. The third-order valence-corrected chi connectivity index (χ3v) is 5.80. The molecule has 0 spiro atoms. The van der Waals surface area contributed by atoms with E-state index in [2.05, 4.69) is 20.3 Å². The van der Waals surface area contributed by atoms with Crippen LogP contribution in [0.1, 0.15) is 11.6 Å². The fourth-order valence-corrected chi connectivity index (χ4v) is 4.24. The summed E-state index contributed by atoms with van der Waals surface area (Å²) in [5.41, 5.74) is 14.3. The molecule has 2 aromatic heterocycles. The van der Waals surface area contributed by atoms with Crippen molar-refractivity contribution in [2.75, 3.05) is 17.2 Å². The summed E-state index contributed by atoms with van der Waals surface area (Å²) in [6.07, 6.45) is 1.31. The number of aliphatic hydroxyl groups excluding tert-OH is 2. The molecule has 1 saturated heterocycles. The van der Waals surface area contributed by atoms with Crippen molar-refractivity contribution in [3.8, 4) is 0 Å². The quantitative estimate of drug-likeness (QED) is 0.289. The van der Waals surface area contributed by atoms with Gasteiger partial charge in [0.05, 0.1) is 17.7 Å². The second kappa shape index (κ2) is 6.76. The Balaban J connectivity index is 1.52. The van der Waals surface area contributed by atoms with E-state index in [-0.39, 0.29) is 6.04 Å². The van der Waals surface area contributed by atoms with Crippen LogP contribution in [0, 0.1) is 0 Å². The molecule has 0 amide bonds. The summed E-state index contributed by atoms with van der Waals surface area (Å²) in [6, 6.07) is 6.86. The predicted molar refractivity (Wildman–Crippen MR) is 102 cm³/mol. The Morgan fingerprint density at radius 3 is 2.62 bits per heavy atom. The van der Waals surface area contributed by atoms with Crippen molar-refractivity contribution < 1.29 is 10.2 Å². The van der Waals surface area contributed by atoms with Gasteiger partial charge in [-0.2, -0.15) is 0 Å². The van der Waals surface area contributed by atoms with Crippen molar-refractivity contribution in [1.82, 2.24) is 20.3 Å². The number of aliphatic hydroxyl groups is 2. The smallest absolute Gasteiger partial charge is 0.151 e. The van der Waals surface area contributed by atoms with Crippen LogP contribution >= 0.6 is 11.8 Å². The maximum absolute atomic E-state index is 10.5. The van der Waals surface area contributed by atoms with E-state index in [1.807, 2.05) is 24.3 Å². The fourth-order valence-electron chi connectivity index (χ4n) is 3.25. The van der Waals surface area contributed by atoms with Crippen molar-refractivity contribution in [3.63, 3.8) is 0 Å². The van der Waals surface area contributed by atoms with E-state index in [1.165, 1.54) is 6.33 Å². The number of fused-ring (bicyclic) bond motifs is 1. The number of aromatic nitrogens is 3. The minimum atomic E-state index is -0.942. The molecule has 0 aliphatic carbocycles. The topological polar surface area (TPSA) is 146 Å². The molecule has 1 aliphatic heterocycles. The molecule has 0 saturated carbocycles. The summed E-state index contributed by atoms with van der Waals surface area (Å²) in [5.74, 6) is 0.961. The molecule has 1 aliphatic rings. The van der Waals surface area contributed by atoms with Crippen LogP contribution < -0.4 is 16.8 Å². The molecule has 0 unspecified atom stereocenters. The third-order valence-electron chi connectivity index (χ3n) is 4.66. The zero-order valence-corrected chi connectivity index (χ0v) is 14.6. The molecule has 26 heavy (non-hydrogen) atoms. The van der Waals surface area contributed by atoms with Gasteiger partial charge in [-0.1, -0.05) is 0 Å². The lowest BCUT2D eigenvalue weighted by molar-refractivity contribution is 0.0308. The molecule has 1 aromatic carbocycles. The van der Waals surface area contributed by atoms with Gasteiger partial charge in [0.2, 0.25) is 0 Å². The Labute approximate surface area is 154 Å². The van der Waals surface area contributed by atoms with Crippen LogP contribution in [0.5, 0.6) is 0 Å². The van der Waals surface area contributed by atoms with E-state index in [9.17, 15) is 10.2 Å². The Morgan fingerprint density at radius 2 is 1.85 bits per heavy atom. The molecule has 3 heterocycles. The second-order valence-corrected chi connectivity index (χ2v) is 7.43. The molecule has 0 radical (unpaired) electrons. The van der Waals surface area contributed by atoms with Gasteiger partial charge >= 0.3 is 0 Å². The largest absolute Gasteiger partial charge is 0.399 e. The molecular formula is C17H20N6O2S. The number of benzene rings is 1. The van der Waals surface area contributed by atoms with E-state index < -0.39 is 18.2 Å². The highest BCUT2D eigenvalue weighted by Gasteiger charge is 2.42. The highest BCUT2D eigenvalue weighted by molar-refractivity contribution is 7.99. The number of nitrogens with zero attached hydrogens (tertiary/aromatic N) is 2. The highest BCUT2D eigenvalue weighted by atomic mass is 32.2. The van der Waals surface area contributed by atoms with Crippen molar-refractivity contribution in [2.24, 2.45) is 0 Å². The van der Waals surface area contributed by atoms with E-state index in [4.69, 9.17) is 11.5 Å². The maximum atomic E-state index is 10.5. The Morgan fingerprint density at radius 1 is 1.08 bits per heavy atom. The average Bonchev–Trinajstić information content (AvgIpc) is 3.18. The van der Waals surface area contributed by atoms with Crippen molar-refractivity contribution in [2.45, 2.75) is 29.2 Å². The summed E-state index contributed by atoms with van der Waals surface area (Å²) >= 11 is 1.59. The molecule has 8 nitrogen and oxygen atoms in total. The number of nitrogens with two attached hydrogens (primary N) is 2. The second-order valence-electron chi connectivity index (χ2n) is 6.34. The normalized spacial score (nSPS) is 25.8. The van der Waals surface area contributed by atoms with E-state index in [0.717, 1.165) is 10.5 Å². The van der Waals surface area contributed by atoms with Gasteiger partial charge in [-0.3, -0.25) is 0 Å². The van der Waals surface area contributed by atoms with Gasteiger partial charge in [0.1, 0.15) is 17.9 Å². The average molecular weight is 372 g/mol. The van der Waals surface area contributed by atoms with Gasteiger partial charge in [0.15, 0.2) is 5.82 Å². The first kappa shape index (κ1) is 17.1. The number of hydrogen-bond acceptors (Lipinski definition) is 8. The van der Waals surface area contributed by atoms with Gasteiger partial charge in [-0.25, -0.2) is 9.97 Å². The minimum absolute atomic E-state index is 0.262. The van der Waals surface area contributed by atoms with Gasteiger partial charge in [-0.05, 0) is 24.3 Å². The number of aromatic amines is 1. The summed E-state index contributed by atoms with van der Waals surface area (Å²) in [4.78, 5) is 12.3. The lowest BCUT2D eigenvalue weighted by Gasteiger charge is -2.15. The molecule has 9 heteroatoms. The molecular weight excluding hydrogens is 352 g/mol. The number of hydrogen-bond donors (Lipinski definition) is 6. The van der Waals surface area contributed by atoms with Gasteiger partial charge in [-0.15, -0.1) is 11.8 Å². The number of thioether (sulfide) groups is 1. The summed E-state index contributed by atoms with van der Waals surface area (Å²) < 4.78 is 0. The van der Waals surface area contributed by atoms with Crippen LogP contribution in [-0.4, -0.2) is 49.2 Å². The summed E-state index contributed by atoms with van der Waals surface area (Å²) in [5, 5.41) is 24.3. The van der Waals surface area contributed by atoms with E-state index in [1.54, 1.807) is 18.0 Å². The zero-order chi connectivity index (χ0) is 18.3. The number of nitrogen functional groups attached to an aromatic ring is 2. The van der Waals surface area contributed by atoms with Crippen LogP contribution in [0.4, 0.5) is 11.5 Å². The van der Waals surface area contributed by atoms with Crippen LogP contribution in [0.15, 0.2) is 41.7 Å². The van der Waals surface area contributed by atoms with Crippen molar-refractivity contribution >= 4 is 34.3 Å². The number of nitrogens with one attached hydrogen (secondary N) is 2. The lowest BCUT2D eigenvalue weighted by atomic mass is 10.0. The Hall–Kier alpha value is -2.33. The SMILES string of the molecule is Nc1ccc(SC[C@H]2N[C@@H](c3c[nH]c4c(N)ncnc34)[C@H](O)[C@@H]2O)cc1. The van der Waals surface area contributed by atoms with E-state index in [0.29, 0.717) is 28.3 Å². The van der Waals surface area contributed by atoms with E-state index >= 15 is 0 Å². The maximum Gasteiger partial charge on any atom is 0.151 e. The van der Waals surface area contributed by atoms with Crippen molar-refractivity contribution in [1.29, 1.82) is 0 Å². The predicted octanol–water partition coefficient (Wildman–Crippen LogP) is 0.649. The van der Waals surface area contributed by atoms with Gasteiger partial charge in [0.25, 0.3) is 0 Å². The van der Waals surface area contributed by atoms with Crippen molar-refractivity contribution in [3.05, 3.63) is 42.4 Å². The highest BCUT2D eigenvalue weighted by Crippen LogP contribution is 2.34. The first-order valence-electron chi connectivity index (χ1n) is 8.22. The molecule has 136 valence electrons. The van der Waals surface area contributed by atoms with Crippen LogP contribution in [0.25, 0.3) is 11.0 Å². The monoisotopic (exact) mass is 372 g/mol. The molecule has 8 N–H and O–H groups in total. The number of H-pyrrole nitrogens is 1. The molecule has 4 atom stereocenters. The first-order valence-corrected chi connectivity index (χ1v) is 9.21. The van der Waals surface area contributed by atoms with Gasteiger partial charge < -0.3 is 32.0 Å². The number of rotatable bonds is 4. The molecule has 4 rings (SSSR count). The van der Waals surface area contributed by atoms with Crippen LogP contribution in [0.2, 0.25) is 0 Å². The lowest BCUT2D eigenvalue weighted by Crippen LogP contribution is -2.35. The van der Waals surface area contributed by atoms with Gasteiger partial charge in [0, 0.05) is 34.1 Å². The molecule has 1 fully saturated rings. The third kappa shape index (κ3) is 2.99. The fraction of sp³-hybridized carbons (Fsp3) is 0.294. The Bertz CT molecular complexity index is 915. The number of anilines is 2. The summed E-state index contributed by atoms with van der Waals surface area (Å²) in [6.45, 7) is 0. The van der Waals surface area contributed by atoms with Crippen LogP contribution in [0.3, 0.4) is 0 Å².